The first-order chi connectivity index (χ1) is 12.5. The van der Waals surface area contributed by atoms with Crippen LogP contribution in [0.25, 0.3) is 0 Å². The second-order valence-electron chi connectivity index (χ2n) is 5.56. The third-order valence-electron chi connectivity index (χ3n) is 3.61. The smallest absolute Gasteiger partial charge is 0.269 e. The van der Waals surface area contributed by atoms with E-state index in [1.807, 2.05) is 30.3 Å². The number of thioether (sulfide) groups is 1. The topological polar surface area (TPSA) is 107 Å². The molecule has 0 bridgehead atoms. The molecule has 0 aliphatic rings. The maximum Gasteiger partial charge on any atom is 0.269 e. The largest absolute Gasteiger partial charge is 0.370 e. The molecule has 0 saturated carbocycles. The molecule has 0 fully saturated rings. The van der Waals surface area contributed by atoms with E-state index in [2.05, 4.69) is 0 Å². The van der Waals surface area contributed by atoms with Crippen LogP contribution in [0.2, 0.25) is 0 Å². The van der Waals surface area contributed by atoms with Crippen molar-refractivity contribution in [1.29, 1.82) is 0 Å². The highest BCUT2D eigenvalue weighted by atomic mass is 32.2. The van der Waals surface area contributed by atoms with Crippen molar-refractivity contribution in [2.45, 2.75) is 17.9 Å². The number of hydrogen-bond acceptors (Lipinski definition) is 5. The SMILES string of the molecule is NC(=O)CCN(Cc1ccccc1)C(=O)CSc1ccc([N+](=O)[O-])cc1. The second-order valence-corrected chi connectivity index (χ2v) is 6.61. The molecular formula is C18H19N3O4S. The number of amides is 2. The molecule has 0 aliphatic carbocycles. The van der Waals surface area contributed by atoms with Gasteiger partial charge in [0.25, 0.3) is 5.69 Å². The van der Waals surface area contributed by atoms with E-state index in [-0.39, 0.29) is 30.3 Å². The van der Waals surface area contributed by atoms with Gasteiger partial charge < -0.3 is 10.6 Å². The van der Waals surface area contributed by atoms with E-state index < -0.39 is 10.8 Å². The minimum Gasteiger partial charge on any atom is -0.370 e. The van der Waals surface area contributed by atoms with Gasteiger partial charge in [-0.25, -0.2) is 0 Å². The molecule has 0 heterocycles. The molecule has 2 rings (SSSR count). The van der Waals surface area contributed by atoms with E-state index >= 15 is 0 Å². The van der Waals surface area contributed by atoms with Gasteiger partial charge in [-0.15, -0.1) is 11.8 Å². The van der Waals surface area contributed by atoms with Crippen LogP contribution in [0.5, 0.6) is 0 Å². The Morgan fingerprint density at radius 2 is 1.73 bits per heavy atom. The molecule has 8 heteroatoms. The van der Waals surface area contributed by atoms with Crippen molar-refractivity contribution in [3.63, 3.8) is 0 Å². The number of nitro benzene ring substituents is 1. The van der Waals surface area contributed by atoms with Crippen LogP contribution >= 0.6 is 11.8 Å². The number of rotatable bonds is 9. The summed E-state index contributed by atoms with van der Waals surface area (Å²) >= 11 is 1.29. The summed E-state index contributed by atoms with van der Waals surface area (Å²) in [4.78, 5) is 36.2. The van der Waals surface area contributed by atoms with E-state index in [0.717, 1.165) is 10.5 Å². The normalized spacial score (nSPS) is 10.3. The van der Waals surface area contributed by atoms with Crippen molar-refractivity contribution in [2.24, 2.45) is 5.73 Å². The number of carbonyl (C=O) groups excluding carboxylic acids is 2. The summed E-state index contributed by atoms with van der Waals surface area (Å²) in [5, 5.41) is 10.7. The van der Waals surface area contributed by atoms with Gasteiger partial charge in [-0.1, -0.05) is 30.3 Å². The van der Waals surface area contributed by atoms with Gasteiger partial charge >= 0.3 is 0 Å². The molecule has 136 valence electrons. The average Bonchev–Trinajstić information content (AvgIpc) is 2.64. The van der Waals surface area contributed by atoms with Gasteiger partial charge in [0.2, 0.25) is 11.8 Å². The number of primary amides is 1. The molecule has 7 nitrogen and oxygen atoms in total. The van der Waals surface area contributed by atoms with Gasteiger partial charge in [-0.05, 0) is 17.7 Å². The highest BCUT2D eigenvalue weighted by Crippen LogP contribution is 2.22. The summed E-state index contributed by atoms with van der Waals surface area (Å²) in [6, 6.07) is 15.5. The summed E-state index contributed by atoms with van der Waals surface area (Å²) in [7, 11) is 0. The number of nitro groups is 1. The molecule has 26 heavy (non-hydrogen) atoms. The van der Waals surface area contributed by atoms with Gasteiger partial charge in [-0.3, -0.25) is 19.7 Å². The van der Waals surface area contributed by atoms with Crippen LogP contribution in [0.15, 0.2) is 59.5 Å². The molecular weight excluding hydrogens is 354 g/mol. The number of nitrogens with zero attached hydrogens (tertiary/aromatic N) is 2. The number of non-ortho nitro benzene ring substituents is 1. The van der Waals surface area contributed by atoms with Crippen molar-refractivity contribution >= 4 is 29.3 Å². The standard InChI is InChI=1S/C18H19N3O4S/c19-17(22)10-11-20(12-14-4-2-1-3-5-14)18(23)13-26-16-8-6-15(7-9-16)21(24)25/h1-9H,10-13H2,(H2,19,22). The Kier molecular flexibility index (Phi) is 7.16. The highest BCUT2D eigenvalue weighted by Gasteiger charge is 2.15. The van der Waals surface area contributed by atoms with Gasteiger partial charge in [0.1, 0.15) is 0 Å². The van der Waals surface area contributed by atoms with E-state index in [1.165, 1.54) is 23.9 Å². The molecule has 0 spiro atoms. The van der Waals surface area contributed by atoms with Crippen LogP contribution in [0.4, 0.5) is 5.69 Å². The van der Waals surface area contributed by atoms with Crippen LogP contribution in [-0.2, 0) is 16.1 Å². The summed E-state index contributed by atoms with van der Waals surface area (Å²) in [5.41, 5.74) is 6.17. The third-order valence-corrected chi connectivity index (χ3v) is 4.60. The Morgan fingerprint density at radius 3 is 2.31 bits per heavy atom. The fourth-order valence-corrected chi connectivity index (χ4v) is 3.04. The molecule has 0 unspecified atom stereocenters. The van der Waals surface area contributed by atoms with Gasteiger partial charge in [0.05, 0.1) is 10.7 Å². The minimum atomic E-state index is -0.467. The summed E-state index contributed by atoms with van der Waals surface area (Å²) in [6.45, 7) is 0.650. The number of carbonyl (C=O) groups is 2. The first-order valence-corrected chi connectivity index (χ1v) is 8.91. The zero-order valence-electron chi connectivity index (χ0n) is 14.0. The summed E-state index contributed by atoms with van der Waals surface area (Å²) in [5.74, 6) is -0.416. The maximum absolute atomic E-state index is 12.6. The van der Waals surface area contributed by atoms with E-state index in [0.29, 0.717) is 6.54 Å². The lowest BCUT2D eigenvalue weighted by Gasteiger charge is -2.22. The molecule has 2 aromatic carbocycles. The Bertz CT molecular complexity index is 766. The van der Waals surface area contributed by atoms with Crippen molar-refractivity contribution < 1.29 is 14.5 Å². The third kappa shape index (κ3) is 6.21. The first-order valence-electron chi connectivity index (χ1n) is 7.93. The van der Waals surface area contributed by atoms with Crippen LogP contribution < -0.4 is 5.73 Å². The fourth-order valence-electron chi connectivity index (χ4n) is 2.24. The van der Waals surface area contributed by atoms with Crippen molar-refractivity contribution in [1.82, 2.24) is 4.90 Å². The Hall–Kier alpha value is -2.87. The maximum atomic E-state index is 12.6. The van der Waals surface area contributed by atoms with E-state index in [9.17, 15) is 19.7 Å². The van der Waals surface area contributed by atoms with E-state index in [1.54, 1.807) is 17.0 Å². The zero-order valence-corrected chi connectivity index (χ0v) is 14.9. The van der Waals surface area contributed by atoms with Crippen molar-refractivity contribution in [3.8, 4) is 0 Å². The molecule has 2 aromatic rings. The Balaban J connectivity index is 1.98. The van der Waals surface area contributed by atoms with Gasteiger partial charge in [0, 0.05) is 36.5 Å². The Labute approximate surface area is 155 Å². The molecule has 0 aromatic heterocycles. The number of nitrogens with two attached hydrogens (primary N) is 1. The number of benzene rings is 2. The zero-order chi connectivity index (χ0) is 18.9. The molecule has 2 amide bonds. The second kappa shape index (κ2) is 9.57. The van der Waals surface area contributed by atoms with Gasteiger partial charge in [0.15, 0.2) is 0 Å². The van der Waals surface area contributed by atoms with E-state index in [4.69, 9.17) is 5.73 Å². The fraction of sp³-hybridized carbons (Fsp3) is 0.222. The summed E-state index contributed by atoms with van der Waals surface area (Å²) < 4.78 is 0. The lowest BCUT2D eigenvalue weighted by Crippen LogP contribution is -2.34. The van der Waals surface area contributed by atoms with Crippen LogP contribution in [0, 0.1) is 10.1 Å². The number of hydrogen-bond donors (Lipinski definition) is 1. The molecule has 2 N–H and O–H groups in total. The Morgan fingerprint density at radius 1 is 1.08 bits per heavy atom. The predicted molar refractivity (Wildman–Crippen MR) is 99.5 cm³/mol. The highest BCUT2D eigenvalue weighted by molar-refractivity contribution is 8.00. The minimum absolute atomic E-state index is 0.00726. The molecule has 0 aliphatic heterocycles. The first kappa shape index (κ1) is 19.5. The van der Waals surface area contributed by atoms with Crippen molar-refractivity contribution in [2.75, 3.05) is 12.3 Å². The van der Waals surface area contributed by atoms with Crippen LogP contribution in [-0.4, -0.2) is 33.9 Å². The van der Waals surface area contributed by atoms with Crippen LogP contribution in [0.3, 0.4) is 0 Å². The monoisotopic (exact) mass is 373 g/mol. The van der Waals surface area contributed by atoms with Crippen LogP contribution in [0.1, 0.15) is 12.0 Å². The molecule has 0 atom stereocenters. The lowest BCUT2D eigenvalue weighted by molar-refractivity contribution is -0.384. The van der Waals surface area contributed by atoms with Gasteiger partial charge in [-0.2, -0.15) is 0 Å². The predicted octanol–water partition coefficient (Wildman–Crippen LogP) is 2.59. The molecule has 0 radical (unpaired) electrons. The van der Waals surface area contributed by atoms with Crippen molar-refractivity contribution in [3.05, 3.63) is 70.3 Å². The molecule has 0 saturated heterocycles. The summed E-state index contributed by atoms with van der Waals surface area (Å²) in [6.07, 6.45) is 0.0980. The quantitative estimate of drug-likeness (QED) is 0.413. The average molecular weight is 373 g/mol. The lowest BCUT2D eigenvalue weighted by atomic mass is 10.2.